The highest BCUT2D eigenvalue weighted by molar-refractivity contribution is 7.72. The van der Waals surface area contributed by atoms with Crippen molar-refractivity contribution in [3.05, 3.63) is 0 Å². The number of rotatable bonds is 3. The van der Waals surface area contributed by atoms with Crippen LogP contribution in [0.2, 0.25) is 0 Å². The van der Waals surface area contributed by atoms with Gasteiger partial charge in [0.25, 0.3) is 5.08 Å². The van der Waals surface area contributed by atoms with Gasteiger partial charge in [0.15, 0.2) is 0 Å². The fourth-order valence-corrected chi connectivity index (χ4v) is 4.58. The van der Waals surface area contributed by atoms with Crippen molar-refractivity contribution < 1.29 is 33.8 Å². The van der Waals surface area contributed by atoms with Crippen molar-refractivity contribution in [2.45, 2.75) is 17.9 Å². The van der Waals surface area contributed by atoms with Gasteiger partial charge in [-0.25, -0.2) is 0 Å². The fourth-order valence-electron chi connectivity index (χ4n) is 1.83. The summed E-state index contributed by atoms with van der Waals surface area (Å²) in [5.74, 6) is -1.16. The molecule has 16 heavy (non-hydrogen) atoms. The maximum absolute atomic E-state index is 11.1. The van der Waals surface area contributed by atoms with Crippen molar-refractivity contribution in [1.82, 2.24) is 5.32 Å². The van der Waals surface area contributed by atoms with Gasteiger partial charge in [0, 0.05) is 12.5 Å². The SMILES string of the molecule is O=P(O)(O)C(O)(C1CCCNC1)P(=O)(O)O. The van der Waals surface area contributed by atoms with E-state index in [2.05, 4.69) is 5.32 Å². The maximum atomic E-state index is 11.1. The number of hydrogen-bond donors (Lipinski definition) is 6. The molecule has 1 heterocycles. The standard InChI is InChI=1S/C6H15NO7P2/c8-6(15(9,10)11,16(12,13)14)5-2-1-3-7-4-5/h5,7-8H,1-4H2,(H2,9,10,11)(H2,12,13,14). The summed E-state index contributed by atoms with van der Waals surface area (Å²) >= 11 is 0. The lowest BCUT2D eigenvalue weighted by Gasteiger charge is -2.38. The Morgan fingerprint density at radius 2 is 1.62 bits per heavy atom. The van der Waals surface area contributed by atoms with Gasteiger partial charge in [-0.1, -0.05) is 0 Å². The predicted molar refractivity (Wildman–Crippen MR) is 54.6 cm³/mol. The van der Waals surface area contributed by atoms with E-state index in [0.29, 0.717) is 13.0 Å². The van der Waals surface area contributed by atoms with E-state index in [9.17, 15) is 14.2 Å². The number of hydrogen-bond acceptors (Lipinski definition) is 4. The van der Waals surface area contributed by atoms with E-state index < -0.39 is 26.2 Å². The molecule has 0 aromatic rings. The molecule has 1 aliphatic rings. The normalized spacial score (nSPS) is 24.4. The molecule has 0 aromatic carbocycles. The monoisotopic (exact) mass is 275 g/mol. The van der Waals surface area contributed by atoms with Crippen LogP contribution in [0.3, 0.4) is 0 Å². The van der Waals surface area contributed by atoms with Crippen LogP contribution in [0.4, 0.5) is 0 Å². The van der Waals surface area contributed by atoms with Crippen molar-refractivity contribution >= 4 is 15.2 Å². The van der Waals surface area contributed by atoms with Crippen molar-refractivity contribution in [1.29, 1.82) is 0 Å². The Morgan fingerprint density at radius 1 is 1.12 bits per heavy atom. The van der Waals surface area contributed by atoms with Gasteiger partial charge < -0.3 is 30.0 Å². The lowest BCUT2D eigenvalue weighted by molar-refractivity contribution is 0.0665. The summed E-state index contributed by atoms with van der Waals surface area (Å²) in [5.41, 5.74) is 0. The van der Waals surface area contributed by atoms with Gasteiger partial charge in [0.1, 0.15) is 0 Å². The Labute approximate surface area is 92.0 Å². The lowest BCUT2D eigenvalue weighted by Crippen LogP contribution is -2.45. The zero-order chi connectivity index (χ0) is 12.6. The van der Waals surface area contributed by atoms with Gasteiger partial charge >= 0.3 is 15.2 Å². The largest absolute Gasteiger partial charge is 0.369 e. The molecule has 6 N–H and O–H groups in total. The van der Waals surface area contributed by atoms with E-state index >= 15 is 0 Å². The Kier molecular flexibility index (Phi) is 4.00. The maximum Gasteiger partial charge on any atom is 0.369 e. The minimum Gasteiger partial charge on any atom is -0.367 e. The average molecular weight is 275 g/mol. The van der Waals surface area contributed by atoms with E-state index in [4.69, 9.17) is 19.6 Å². The summed E-state index contributed by atoms with van der Waals surface area (Å²) in [6, 6.07) is 0. The molecule has 96 valence electrons. The molecule has 1 aliphatic heterocycles. The van der Waals surface area contributed by atoms with Crippen LogP contribution in [-0.4, -0.2) is 42.9 Å². The van der Waals surface area contributed by atoms with Crippen LogP contribution >= 0.6 is 15.2 Å². The van der Waals surface area contributed by atoms with E-state index in [1.807, 2.05) is 0 Å². The zero-order valence-corrected chi connectivity index (χ0v) is 10.1. The van der Waals surface area contributed by atoms with E-state index in [0.717, 1.165) is 0 Å². The third kappa shape index (κ3) is 2.39. The van der Waals surface area contributed by atoms with E-state index in [1.54, 1.807) is 0 Å². The van der Waals surface area contributed by atoms with Gasteiger partial charge in [0.05, 0.1) is 0 Å². The Balaban J connectivity index is 3.14. The van der Waals surface area contributed by atoms with Crippen molar-refractivity contribution in [3.8, 4) is 0 Å². The first-order valence-corrected chi connectivity index (χ1v) is 7.87. The first-order chi connectivity index (χ1) is 7.11. The molecule has 8 nitrogen and oxygen atoms in total. The van der Waals surface area contributed by atoms with Crippen LogP contribution in [0.25, 0.3) is 0 Å². The quantitative estimate of drug-likeness (QED) is 0.359. The molecule has 0 bridgehead atoms. The van der Waals surface area contributed by atoms with Crippen LogP contribution in [-0.2, 0) is 9.13 Å². The lowest BCUT2D eigenvalue weighted by atomic mass is 10.0. The molecule has 1 unspecified atom stereocenters. The zero-order valence-electron chi connectivity index (χ0n) is 8.35. The summed E-state index contributed by atoms with van der Waals surface area (Å²) in [7, 11) is -10.7. The summed E-state index contributed by atoms with van der Waals surface area (Å²) in [5, 5.41) is 9.20. The number of piperidine rings is 1. The average Bonchev–Trinajstić information content (AvgIpc) is 2.14. The molecular formula is C6H15NO7P2. The molecule has 10 heteroatoms. The van der Waals surface area contributed by atoms with Gasteiger partial charge in [-0.2, -0.15) is 0 Å². The van der Waals surface area contributed by atoms with E-state index in [-0.39, 0.29) is 13.0 Å². The van der Waals surface area contributed by atoms with Gasteiger partial charge in [0.2, 0.25) is 0 Å². The number of nitrogens with one attached hydrogen (secondary N) is 1. The first-order valence-electron chi connectivity index (χ1n) is 4.65. The molecule has 0 saturated carbocycles. The Morgan fingerprint density at radius 3 is 1.94 bits per heavy atom. The summed E-state index contributed by atoms with van der Waals surface area (Å²) in [4.78, 5) is 35.9. The Hall–Kier alpha value is 0.220. The van der Waals surface area contributed by atoms with Crippen molar-refractivity contribution in [3.63, 3.8) is 0 Å². The minimum absolute atomic E-state index is 0.0350. The van der Waals surface area contributed by atoms with Gasteiger partial charge in [-0.05, 0) is 19.4 Å². The molecule has 0 amide bonds. The second kappa shape index (κ2) is 4.48. The molecule has 0 radical (unpaired) electrons. The highest BCUT2D eigenvalue weighted by Crippen LogP contribution is 2.71. The molecule has 1 fully saturated rings. The molecule has 1 atom stereocenters. The van der Waals surface area contributed by atoms with E-state index in [1.165, 1.54) is 0 Å². The third-order valence-corrected chi connectivity index (χ3v) is 6.71. The van der Waals surface area contributed by atoms with Crippen molar-refractivity contribution in [2.24, 2.45) is 5.92 Å². The van der Waals surface area contributed by atoms with Crippen LogP contribution in [0.15, 0.2) is 0 Å². The fraction of sp³-hybridized carbons (Fsp3) is 1.00. The summed E-state index contributed by atoms with van der Waals surface area (Å²) in [6.07, 6.45) is 0.646. The topological polar surface area (TPSA) is 147 Å². The van der Waals surface area contributed by atoms with Crippen LogP contribution in [0.5, 0.6) is 0 Å². The predicted octanol–water partition coefficient (Wildman–Crippen LogP) is -1.01. The van der Waals surface area contributed by atoms with Gasteiger partial charge in [-0.3, -0.25) is 9.13 Å². The van der Waals surface area contributed by atoms with Crippen LogP contribution < -0.4 is 5.32 Å². The second-order valence-corrected chi connectivity index (χ2v) is 7.71. The smallest absolute Gasteiger partial charge is 0.367 e. The molecule has 0 spiro atoms. The Bertz CT molecular complexity index is 319. The molecule has 1 rings (SSSR count). The molecule has 0 aliphatic carbocycles. The molecular weight excluding hydrogens is 260 g/mol. The third-order valence-electron chi connectivity index (χ3n) is 2.70. The van der Waals surface area contributed by atoms with Crippen LogP contribution in [0.1, 0.15) is 12.8 Å². The highest BCUT2D eigenvalue weighted by Gasteiger charge is 2.63. The van der Waals surface area contributed by atoms with Gasteiger partial charge in [-0.15, -0.1) is 0 Å². The number of aliphatic hydroxyl groups is 1. The van der Waals surface area contributed by atoms with Crippen LogP contribution in [0, 0.1) is 5.92 Å². The summed E-state index contributed by atoms with van der Waals surface area (Å²) < 4.78 is 22.2. The molecule has 1 saturated heterocycles. The second-order valence-electron chi connectivity index (χ2n) is 3.82. The minimum atomic E-state index is -5.33. The highest BCUT2D eigenvalue weighted by atomic mass is 31.2. The van der Waals surface area contributed by atoms with Crippen molar-refractivity contribution in [2.75, 3.05) is 13.1 Å². The molecule has 0 aromatic heterocycles. The first kappa shape index (κ1) is 14.3. The summed E-state index contributed by atoms with van der Waals surface area (Å²) in [6.45, 7) is 0.557.